The molecule has 2 N–H and O–H groups in total. The molecule has 10 heteroatoms. The van der Waals surface area contributed by atoms with Crippen LogP contribution in [-0.4, -0.2) is 43.2 Å². The van der Waals surface area contributed by atoms with Gasteiger partial charge in [-0.3, -0.25) is 9.52 Å². The Labute approximate surface area is 192 Å². The van der Waals surface area contributed by atoms with E-state index >= 15 is 0 Å². The summed E-state index contributed by atoms with van der Waals surface area (Å²) in [6.45, 7) is 4.01. The molecule has 1 aliphatic heterocycles. The standard InChI is InChI=1S/C22H24ClN5O3S/c1-15-9-16(14-28(15)21-6-5-20(13-24-21)27-7-3-4-8-27)22(29)25-18-10-17(23)11-19(12-18)26-32(2,30)31/h5-6,9-14,26H,3-4,7-8H2,1-2H3,(H,25,29). The lowest BCUT2D eigenvalue weighted by molar-refractivity contribution is 0.102. The number of nitrogens with zero attached hydrogens (tertiary/aromatic N) is 3. The van der Waals surface area contributed by atoms with E-state index in [1.54, 1.807) is 18.3 Å². The van der Waals surface area contributed by atoms with Crippen LogP contribution in [0.15, 0.2) is 48.8 Å². The summed E-state index contributed by atoms with van der Waals surface area (Å²) in [5, 5.41) is 3.06. The van der Waals surface area contributed by atoms with Crippen LogP contribution >= 0.6 is 11.6 Å². The fourth-order valence-corrected chi connectivity index (χ4v) is 4.55. The summed E-state index contributed by atoms with van der Waals surface area (Å²) < 4.78 is 27.2. The van der Waals surface area contributed by atoms with Crippen molar-refractivity contribution in [2.24, 2.45) is 0 Å². The van der Waals surface area contributed by atoms with Crippen molar-refractivity contribution in [3.05, 3.63) is 65.1 Å². The van der Waals surface area contributed by atoms with E-state index in [-0.39, 0.29) is 11.6 Å². The number of carbonyl (C=O) groups is 1. The first kappa shape index (κ1) is 22.2. The predicted molar refractivity (Wildman–Crippen MR) is 128 cm³/mol. The summed E-state index contributed by atoms with van der Waals surface area (Å²) in [6.07, 6.45) is 7.04. The van der Waals surface area contributed by atoms with Crippen LogP contribution in [0.4, 0.5) is 17.1 Å². The Kier molecular flexibility index (Phi) is 6.12. The van der Waals surface area contributed by atoms with E-state index in [4.69, 9.17) is 11.6 Å². The third kappa shape index (κ3) is 5.23. The highest BCUT2D eigenvalue weighted by atomic mass is 35.5. The molecule has 1 aliphatic rings. The van der Waals surface area contributed by atoms with Crippen molar-refractivity contribution >= 4 is 44.6 Å². The number of sulfonamides is 1. The SMILES string of the molecule is Cc1cc(C(=O)Nc2cc(Cl)cc(NS(C)(=O)=O)c2)cn1-c1ccc(N2CCCC2)cn1. The number of halogens is 1. The Morgan fingerprint density at radius 2 is 1.81 bits per heavy atom. The monoisotopic (exact) mass is 473 g/mol. The number of rotatable bonds is 6. The van der Waals surface area contributed by atoms with Gasteiger partial charge in [0.2, 0.25) is 10.0 Å². The van der Waals surface area contributed by atoms with Gasteiger partial charge in [0.1, 0.15) is 5.82 Å². The molecule has 32 heavy (non-hydrogen) atoms. The smallest absolute Gasteiger partial charge is 0.257 e. The number of benzene rings is 1. The van der Waals surface area contributed by atoms with E-state index in [9.17, 15) is 13.2 Å². The van der Waals surface area contributed by atoms with Gasteiger partial charge >= 0.3 is 0 Å². The third-order valence-electron chi connectivity index (χ3n) is 5.18. The summed E-state index contributed by atoms with van der Waals surface area (Å²) >= 11 is 6.08. The number of nitrogens with one attached hydrogen (secondary N) is 2. The van der Waals surface area contributed by atoms with Crippen LogP contribution in [0.5, 0.6) is 0 Å². The first-order chi connectivity index (χ1) is 15.2. The lowest BCUT2D eigenvalue weighted by Gasteiger charge is -2.17. The van der Waals surface area contributed by atoms with Gasteiger partial charge in [0.15, 0.2) is 0 Å². The summed E-state index contributed by atoms with van der Waals surface area (Å²) in [7, 11) is -3.47. The predicted octanol–water partition coefficient (Wildman–Crippen LogP) is 4.06. The van der Waals surface area contributed by atoms with Crippen molar-refractivity contribution in [3.63, 3.8) is 0 Å². The minimum absolute atomic E-state index is 0.270. The normalized spacial score (nSPS) is 13.9. The van der Waals surface area contributed by atoms with Crippen LogP contribution in [0.25, 0.3) is 5.82 Å². The first-order valence-corrected chi connectivity index (χ1v) is 12.4. The number of anilines is 3. The Hall–Kier alpha value is -3.04. The lowest BCUT2D eigenvalue weighted by atomic mass is 10.2. The number of pyridine rings is 1. The topological polar surface area (TPSA) is 96.3 Å². The Balaban J connectivity index is 1.52. The average Bonchev–Trinajstić information content (AvgIpc) is 3.36. The quantitative estimate of drug-likeness (QED) is 0.562. The third-order valence-corrected chi connectivity index (χ3v) is 6.01. The number of hydrogen-bond acceptors (Lipinski definition) is 5. The molecule has 1 aromatic carbocycles. The molecule has 0 unspecified atom stereocenters. The summed E-state index contributed by atoms with van der Waals surface area (Å²) in [5.41, 5.74) is 3.07. The molecule has 1 amide bonds. The van der Waals surface area contributed by atoms with Gasteiger partial charge in [0.05, 0.1) is 29.4 Å². The second-order valence-electron chi connectivity index (χ2n) is 7.87. The van der Waals surface area contributed by atoms with Crippen molar-refractivity contribution in [1.29, 1.82) is 0 Å². The zero-order valence-electron chi connectivity index (χ0n) is 17.8. The highest BCUT2D eigenvalue weighted by Crippen LogP contribution is 2.25. The van der Waals surface area contributed by atoms with Crippen molar-refractivity contribution in [2.75, 3.05) is 34.3 Å². The minimum Gasteiger partial charge on any atom is -0.370 e. The Morgan fingerprint density at radius 1 is 1.09 bits per heavy atom. The molecule has 2 aromatic heterocycles. The van der Waals surface area contributed by atoms with E-state index < -0.39 is 10.0 Å². The second kappa shape index (κ2) is 8.84. The van der Waals surface area contributed by atoms with Gasteiger partial charge in [-0.05, 0) is 56.2 Å². The molecule has 0 radical (unpaired) electrons. The number of aryl methyl sites for hydroxylation is 1. The highest BCUT2D eigenvalue weighted by molar-refractivity contribution is 7.92. The molecule has 4 rings (SSSR count). The number of aromatic nitrogens is 2. The van der Waals surface area contributed by atoms with Crippen LogP contribution in [0, 0.1) is 6.92 Å². The second-order valence-corrected chi connectivity index (χ2v) is 10.1. The largest absolute Gasteiger partial charge is 0.370 e. The molecule has 0 saturated carbocycles. The molecule has 1 saturated heterocycles. The molecule has 0 atom stereocenters. The van der Waals surface area contributed by atoms with Gasteiger partial charge in [-0.25, -0.2) is 13.4 Å². The van der Waals surface area contributed by atoms with Gasteiger partial charge in [0, 0.05) is 35.7 Å². The Morgan fingerprint density at radius 3 is 2.47 bits per heavy atom. The van der Waals surface area contributed by atoms with E-state index in [1.807, 2.05) is 23.8 Å². The number of hydrogen-bond donors (Lipinski definition) is 2. The van der Waals surface area contributed by atoms with Crippen molar-refractivity contribution in [2.45, 2.75) is 19.8 Å². The van der Waals surface area contributed by atoms with Gasteiger partial charge in [0.25, 0.3) is 5.91 Å². The summed E-state index contributed by atoms with van der Waals surface area (Å²) in [6, 6.07) is 10.3. The maximum Gasteiger partial charge on any atom is 0.257 e. The van der Waals surface area contributed by atoms with E-state index in [2.05, 4.69) is 26.0 Å². The fraction of sp³-hybridized carbons (Fsp3) is 0.273. The summed E-state index contributed by atoms with van der Waals surface area (Å²) in [5.74, 6) is 0.389. The fourth-order valence-electron chi connectivity index (χ4n) is 3.76. The Bertz CT molecular complexity index is 1250. The van der Waals surface area contributed by atoms with E-state index in [1.165, 1.54) is 25.0 Å². The molecular formula is C22H24ClN5O3S. The molecule has 0 spiro atoms. The number of carbonyl (C=O) groups excluding carboxylic acids is 1. The van der Waals surface area contributed by atoms with Crippen LogP contribution < -0.4 is 14.9 Å². The molecule has 3 heterocycles. The van der Waals surface area contributed by atoms with Crippen LogP contribution in [0.3, 0.4) is 0 Å². The molecule has 168 valence electrons. The van der Waals surface area contributed by atoms with E-state index in [0.29, 0.717) is 16.3 Å². The van der Waals surface area contributed by atoms with Crippen LogP contribution in [-0.2, 0) is 10.0 Å². The van der Waals surface area contributed by atoms with Crippen LogP contribution in [0.1, 0.15) is 28.9 Å². The summed E-state index contributed by atoms with van der Waals surface area (Å²) in [4.78, 5) is 19.7. The van der Waals surface area contributed by atoms with E-state index in [0.717, 1.165) is 36.5 Å². The maximum atomic E-state index is 12.8. The number of amides is 1. The molecule has 0 bridgehead atoms. The zero-order valence-corrected chi connectivity index (χ0v) is 19.4. The zero-order chi connectivity index (χ0) is 22.9. The molecule has 1 fully saturated rings. The molecule has 8 nitrogen and oxygen atoms in total. The molecule has 0 aliphatic carbocycles. The van der Waals surface area contributed by atoms with Gasteiger partial charge in [-0.2, -0.15) is 0 Å². The van der Waals surface area contributed by atoms with Crippen molar-refractivity contribution in [3.8, 4) is 5.82 Å². The van der Waals surface area contributed by atoms with Gasteiger partial charge in [-0.1, -0.05) is 11.6 Å². The van der Waals surface area contributed by atoms with Gasteiger partial charge < -0.3 is 14.8 Å². The lowest BCUT2D eigenvalue weighted by Crippen LogP contribution is -2.17. The average molecular weight is 474 g/mol. The van der Waals surface area contributed by atoms with Crippen molar-refractivity contribution in [1.82, 2.24) is 9.55 Å². The van der Waals surface area contributed by atoms with Gasteiger partial charge in [-0.15, -0.1) is 0 Å². The van der Waals surface area contributed by atoms with Crippen molar-refractivity contribution < 1.29 is 13.2 Å². The maximum absolute atomic E-state index is 12.8. The molecule has 3 aromatic rings. The minimum atomic E-state index is -3.47. The van der Waals surface area contributed by atoms with Crippen LogP contribution in [0.2, 0.25) is 5.02 Å². The first-order valence-electron chi connectivity index (χ1n) is 10.2. The molecular weight excluding hydrogens is 450 g/mol. The highest BCUT2D eigenvalue weighted by Gasteiger charge is 2.15.